The topological polar surface area (TPSA) is 103 Å². The van der Waals surface area contributed by atoms with Gasteiger partial charge in [0.2, 0.25) is 0 Å². The normalized spacial score (nSPS) is 18.1. The van der Waals surface area contributed by atoms with E-state index in [-0.39, 0.29) is 36.4 Å². The van der Waals surface area contributed by atoms with Gasteiger partial charge in [-0.05, 0) is 42.8 Å². The summed E-state index contributed by atoms with van der Waals surface area (Å²) < 4.78 is 63.2. The van der Waals surface area contributed by atoms with Crippen LogP contribution in [0.4, 0.5) is 17.6 Å². The molecule has 0 fully saturated rings. The summed E-state index contributed by atoms with van der Waals surface area (Å²) in [6.07, 6.45) is -3.14. The molecule has 0 bridgehead atoms. The SMILES string of the molecule is C[C@@H](O)Cn1cc(C(=O)N[C@]2(c3ccc(OC(F)(F)F)c(F)c3)CCOc3cccnc32)ccc1=O. The highest BCUT2D eigenvalue weighted by Crippen LogP contribution is 2.42. The Bertz CT molecular complexity index is 1340. The molecule has 12 heteroatoms. The monoisotopic (exact) mass is 507 g/mol. The van der Waals surface area contributed by atoms with Gasteiger partial charge in [-0.15, -0.1) is 13.2 Å². The van der Waals surface area contributed by atoms with Gasteiger partial charge in [0.05, 0.1) is 24.8 Å². The van der Waals surface area contributed by atoms with E-state index in [0.29, 0.717) is 5.75 Å². The maximum atomic E-state index is 14.7. The zero-order valence-corrected chi connectivity index (χ0v) is 18.9. The third-order valence-corrected chi connectivity index (χ3v) is 5.59. The molecular formula is C24H21F4N3O5. The van der Waals surface area contributed by atoms with Crippen molar-refractivity contribution in [1.29, 1.82) is 0 Å². The van der Waals surface area contributed by atoms with Crippen molar-refractivity contribution in [3.63, 3.8) is 0 Å². The molecule has 190 valence electrons. The number of rotatable bonds is 6. The second-order valence-electron chi connectivity index (χ2n) is 8.26. The summed E-state index contributed by atoms with van der Waals surface area (Å²) in [5, 5.41) is 12.5. The fourth-order valence-electron chi connectivity index (χ4n) is 4.07. The number of hydrogen-bond acceptors (Lipinski definition) is 6. The molecule has 1 aliphatic rings. The predicted molar refractivity (Wildman–Crippen MR) is 118 cm³/mol. The van der Waals surface area contributed by atoms with Crippen LogP contribution in [0.5, 0.6) is 11.5 Å². The molecule has 0 radical (unpaired) electrons. The van der Waals surface area contributed by atoms with Gasteiger partial charge in [0.15, 0.2) is 11.6 Å². The third kappa shape index (κ3) is 5.18. The number of aliphatic hydroxyl groups is 1. The fourth-order valence-corrected chi connectivity index (χ4v) is 4.07. The predicted octanol–water partition coefficient (Wildman–Crippen LogP) is 3.12. The summed E-state index contributed by atoms with van der Waals surface area (Å²) in [6, 6.07) is 8.55. The highest BCUT2D eigenvalue weighted by atomic mass is 19.4. The third-order valence-electron chi connectivity index (χ3n) is 5.59. The summed E-state index contributed by atoms with van der Waals surface area (Å²) in [6.45, 7) is 1.53. The van der Waals surface area contributed by atoms with Gasteiger partial charge in [-0.3, -0.25) is 14.6 Å². The second kappa shape index (κ2) is 9.61. The average molecular weight is 507 g/mol. The zero-order valence-electron chi connectivity index (χ0n) is 18.9. The molecule has 0 unspecified atom stereocenters. The van der Waals surface area contributed by atoms with E-state index < -0.39 is 41.0 Å². The van der Waals surface area contributed by atoms with Crippen LogP contribution in [-0.2, 0) is 12.1 Å². The van der Waals surface area contributed by atoms with Crippen molar-refractivity contribution in [2.45, 2.75) is 37.9 Å². The number of aromatic nitrogens is 2. The van der Waals surface area contributed by atoms with E-state index in [9.17, 15) is 32.3 Å². The Hall–Kier alpha value is -3.93. The number of halogens is 4. The summed E-state index contributed by atoms with van der Waals surface area (Å²) in [5.74, 6) is -2.66. The second-order valence-corrected chi connectivity index (χ2v) is 8.26. The molecule has 8 nitrogen and oxygen atoms in total. The van der Waals surface area contributed by atoms with Gasteiger partial charge in [0.25, 0.3) is 11.5 Å². The number of fused-ring (bicyclic) bond motifs is 1. The number of nitrogens with zero attached hydrogens (tertiary/aromatic N) is 2. The minimum atomic E-state index is -5.09. The van der Waals surface area contributed by atoms with Gasteiger partial charge in [-0.1, -0.05) is 6.07 Å². The van der Waals surface area contributed by atoms with Crippen molar-refractivity contribution in [3.8, 4) is 11.5 Å². The molecule has 2 atom stereocenters. The van der Waals surface area contributed by atoms with Gasteiger partial charge in [0.1, 0.15) is 17.0 Å². The maximum absolute atomic E-state index is 14.7. The Kier molecular flexibility index (Phi) is 6.72. The van der Waals surface area contributed by atoms with E-state index in [1.165, 1.54) is 42.1 Å². The molecule has 2 aromatic heterocycles. The minimum Gasteiger partial charge on any atom is -0.491 e. The van der Waals surface area contributed by atoms with E-state index in [1.54, 1.807) is 12.1 Å². The molecule has 0 aliphatic carbocycles. The van der Waals surface area contributed by atoms with Gasteiger partial charge in [0, 0.05) is 24.9 Å². The summed E-state index contributed by atoms with van der Waals surface area (Å²) in [7, 11) is 0. The summed E-state index contributed by atoms with van der Waals surface area (Å²) in [5.41, 5.74) is -1.50. The molecule has 3 heterocycles. The zero-order chi connectivity index (χ0) is 26.1. The van der Waals surface area contributed by atoms with E-state index >= 15 is 0 Å². The molecule has 1 aromatic carbocycles. The average Bonchev–Trinajstić information content (AvgIpc) is 2.81. The van der Waals surface area contributed by atoms with Gasteiger partial charge in [-0.2, -0.15) is 0 Å². The van der Waals surface area contributed by atoms with Crippen LogP contribution in [0.3, 0.4) is 0 Å². The first-order valence-corrected chi connectivity index (χ1v) is 10.8. The lowest BCUT2D eigenvalue weighted by molar-refractivity contribution is -0.275. The van der Waals surface area contributed by atoms with Crippen LogP contribution < -0.4 is 20.3 Å². The molecule has 4 rings (SSSR count). The van der Waals surface area contributed by atoms with Crippen LogP contribution in [0, 0.1) is 5.82 Å². The van der Waals surface area contributed by atoms with Gasteiger partial charge in [-0.25, -0.2) is 4.39 Å². The van der Waals surface area contributed by atoms with Crippen LogP contribution >= 0.6 is 0 Å². The van der Waals surface area contributed by atoms with Crippen LogP contribution in [0.15, 0.2) is 59.7 Å². The molecule has 0 saturated heterocycles. The number of hydrogen-bond donors (Lipinski definition) is 2. The fraction of sp³-hybridized carbons (Fsp3) is 0.292. The van der Waals surface area contributed by atoms with Crippen molar-refractivity contribution in [3.05, 3.63) is 87.9 Å². The molecule has 1 aliphatic heterocycles. The highest BCUT2D eigenvalue weighted by molar-refractivity contribution is 5.95. The Morgan fingerprint density at radius 1 is 1.31 bits per heavy atom. The molecule has 36 heavy (non-hydrogen) atoms. The van der Waals surface area contributed by atoms with Crippen molar-refractivity contribution < 1.29 is 36.9 Å². The van der Waals surface area contributed by atoms with Crippen LogP contribution in [0.2, 0.25) is 0 Å². The van der Waals surface area contributed by atoms with E-state index in [2.05, 4.69) is 15.0 Å². The molecular weight excluding hydrogens is 486 g/mol. The van der Waals surface area contributed by atoms with E-state index in [0.717, 1.165) is 12.1 Å². The molecule has 2 N–H and O–H groups in total. The molecule has 1 amide bonds. The first-order valence-electron chi connectivity index (χ1n) is 10.8. The number of alkyl halides is 3. The maximum Gasteiger partial charge on any atom is 0.573 e. The van der Waals surface area contributed by atoms with Gasteiger partial charge < -0.3 is 24.5 Å². The largest absolute Gasteiger partial charge is 0.573 e. The number of ether oxygens (including phenoxy) is 2. The van der Waals surface area contributed by atoms with Crippen LogP contribution in [0.1, 0.15) is 35.0 Å². The number of aliphatic hydroxyl groups excluding tert-OH is 1. The first kappa shape index (κ1) is 25.2. The van der Waals surface area contributed by atoms with Crippen molar-refractivity contribution in [2.24, 2.45) is 0 Å². The Labute approximate surface area is 202 Å². The number of carbonyl (C=O) groups excluding carboxylic acids is 1. The highest BCUT2D eigenvalue weighted by Gasteiger charge is 2.43. The summed E-state index contributed by atoms with van der Waals surface area (Å²) >= 11 is 0. The lowest BCUT2D eigenvalue weighted by Gasteiger charge is -2.39. The lowest BCUT2D eigenvalue weighted by atomic mass is 9.81. The molecule has 0 spiro atoms. The van der Waals surface area contributed by atoms with E-state index in [4.69, 9.17) is 4.74 Å². The number of carbonyl (C=O) groups is 1. The number of amides is 1. The number of nitrogens with one attached hydrogen (secondary N) is 1. The lowest BCUT2D eigenvalue weighted by Crippen LogP contribution is -2.50. The molecule has 0 saturated carbocycles. The van der Waals surface area contributed by atoms with Crippen molar-refractivity contribution in [1.82, 2.24) is 14.9 Å². The van der Waals surface area contributed by atoms with E-state index in [1.807, 2.05) is 0 Å². The van der Waals surface area contributed by atoms with Crippen LogP contribution in [-0.4, -0.2) is 39.6 Å². The number of benzene rings is 1. The quantitative estimate of drug-likeness (QED) is 0.497. The standard InChI is InChI=1S/C24H21F4N3O5/c1-14(32)12-31-13-15(4-7-20(31)33)22(34)30-23(8-10-35-19-3-2-9-29-21(19)23)16-5-6-18(17(25)11-16)36-24(26,27)28/h2-7,9,11,13-14,32H,8,10,12H2,1H3,(H,30,34)/t14-,23+/m1/s1. The van der Waals surface area contributed by atoms with Crippen molar-refractivity contribution >= 4 is 5.91 Å². The van der Waals surface area contributed by atoms with Crippen LogP contribution in [0.25, 0.3) is 0 Å². The summed E-state index contributed by atoms with van der Waals surface area (Å²) in [4.78, 5) is 29.8. The number of pyridine rings is 2. The first-order chi connectivity index (χ1) is 17.0. The van der Waals surface area contributed by atoms with Crippen molar-refractivity contribution in [2.75, 3.05) is 6.61 Å². The smallest absolute Gasteiger partial charge is 0.491 e. The Morgan fingerprint density at radius 3 is 2.78 bits per heavy atom. The minimum absolute atomic E-state index is 0.0464. The Morgan fingerprint density at radius 2 is 2.08 bits per heavy atom. The Balaban J connectivity index is 1.79. The molecule has 3 aromatic rings. The van der Waals surface area contributed by atoms with Gasteiger partial charge >= 0.3 is 6.36 Å².